The lowest BCUT2D eigenvalue weighted by Crippen LogP contribution is -2.31. The molecule has 0 aliphatic heterocycles. The van der Waals surface area contributed by atoms with Gasteiger partial charge in [0.1, 0.15) is 0 Å². The Bertz CT molecular complexity index is 364. The summed E-state index contributed by atoms with van der Waals surface area (Å²) in [6.07, 6.45) is 0. The second-order valence-corrected chi connectivity index (χ2v) is 3.70. The van der Waals surface area contributed by atoms with Gasteiger partial charge in [0.05, 0.1) is 18.8 Å². The van der Waals surface area contributed by atoms with Crippen LogP contribution in [0.2, 0.25) is 0 Å². The summed E-state index contributed by atoms with van der Waals surface area (Å²) in [5.74, 6) is -1.29. The summed E-state index contributed by atoms with van der Waals surface area (Å²) in [7, 11) is 0. The zero-order valence-electron chi connectivity index (χ0n) is 8.11. The molecule has 1 rings (SSSR count). The third-order valence-electron chi connectivity index (χ3n) is 1.43. The number of anilines is 1. The van der Waals surface area contributed by atoms with Crippen LogP contribution in [0.15, 0.2) is 5.38 Å². The van der Waals surface area contributed by atoms with E-state index in [1.165, 1.54) is 11.3 Å². The van der Waals surface area contributed by atoms with Crippen LogP contribution in [0.5, 0.6) is 0 Å². The lowest BCUT2D eigenvalue weighted by atomic mass is 10.5. The Balaban J connectivity index is 2.27. The van der Waals surface area contributed by atoms with Gasteiger partial charge in [-0.2, -0.15) is 0 Å². The van der Waals surface area contributed by atoms with Gasteiger partial charge in [0, 0.05) is 5.38 Å². The van der Waals surface area contributed by atoms with Gasteiger partial charge in [0.25, 0.3) is 0 Å². The Morgan fingerprint density at radius 3 is 2.80 bits per heavy atom. The minimum atomic E-state index is -0.993. The largest absolute Gasteiger partial charge is 0.480 e. The number of aromatic nitrogens is 1. The number of thiazole rings is 1. The molecule has 1 heterocycles. The molecule has 0 atom stereocenters. The van der Waals surface area contributed by atoms with Crippen molar-refractivity contribution in [1.29, 1.82) is 0 Å². The fourth-order valence-corrected chi connectivity index (χ4v) is 1.56. The van der Waals surface area contributed by atoms with E-state index in [1.807, 2.05) is 12.3 Å². The number of hydrogen-bond donors (Lipinski definition) is 3. The van der Waals surface area contributed by atoms with Crippen molar-refractivity contribution < 1.29 is 14.7 Å². The minimum absolute atomic E-state index is 0.0368. The van der Waals surface area contributed by atoms with Gasteiger partial charge >= 0.3 is 5.97 Å². The summed E-state index contributed by atoms with van der Waals surface area (Å²) in [6, 6.07) is 0. The van der Waals surface area contributed by atoms with Gasteiger partial charge in [0.2, 0.25) is 5.91 Å². The summed E-state index contributed by atoms with van der Waals surface area (Å²) < 4.78 is 0. The highest BCUT2D eigenvalue weighted by atomic mass is 32.1. The fourth-order valence-electron chi connectivity index (χ4n) is 0.858. The molecule has 1 aromatic rings. The molecule has 0 spiro atoms. The molecular formula is C8H11N3O3S. The first kappa shape index (κ1) is 11.6. The molecule has 0 fully saturated rings. The lowest BCUT2D eigenvalue weighted by Gasteiger charge is -2.01. The van der Waals surface area contributed by atoms with Gasteiger partial charge in [-0.15, -0.1) is 11.3 Å². The van der Waals surface area contributed by atoms with Crippen molar-refractivity contribution in [2.24, 2.45) is 0 Å². The quantitative estimate of drug-likeness (QED) is 0.664. The number of aryl methyl sites for hydroxylation is 1. The molecule has 0 unspecified atom stereocenters. The van der Waals surface area contributed by atoms with Gasteiger partial charge in [-0.25, -0.2) is 4.98 Å². The van der Waals surface area contributed by atoms with Gasteiger partial charge in [-0.3, -0.25) is 14.9 Å². The predicted molar refractivity (Wildman–Crippen MR) is 56.0 cm³/mol. The van der Waals surface area contributed by atoms with Crippen LogP contribution in [0.25, 0.3) is 0 Å². The van der Waals surface area contributed by atoms with Crippen molar-refractivity contribution in [2.45, 2.75) is 6.92 Å². The summed E-state index contributed by atoms with van der Waals surface area (Å²) in [6.45, 7) is 1.56. The number of carboxylic acid groups (broad SMARTS) is 1. The average molecular weight is 229 g/mol. The molecule has 0 aromatic carbocycles. The predicted octanol–water partition coefficient (Wildman–Crippen LogP) is 0.0642. The fraction of sp³-hybridized carbons (Fsp3) is 0.375. The topological polar surface area (TPSA) is 91.3 Å². The number of carboxylic acids is 1. The molecule has 15 heavy (non-hydrogen) atoms. The van der Waals surface area contributed by atoms with Crippen molar-refractivity contribution in [3.8, 4) is 0 Å². The van der Waals surface area contributed by atoms with Crippen LogP contribution in [-0.4, -0.2) is 35.1 Å². The monoisotopic (exact) mass is 229 g/mol. The average Bonchev–Trinajstić information content (AvgIpc) is 2.50. The number of carbonyl (C=O) groups is 2. The second-order valence-electron chi connectivity index (χ2n) is 2.84. The molecular weight excluding hydrogens is 218 g/mol. The van der Waals surface area contributed by atoms with E-state index in [1.54, 1.807) is 0 Å². The van der Waals surface area contributed by atoms with E-state index in [9.17, 15) is 9.59 Å². The Hall–Kier alpha value is -1.47. The molecule has 0 bridgehead atoms. The first-order valence-electron chi connectivity index (χ1n) is 4.22. The van der Waals surface area contributed by atoms with E-state index in [0.29, 0.717) is 5.13 Å². The summed E-state index contributed by atoms with van der Waals surface area (Å²) >= 11 is 1.33. The highest BCUT2D eigenvalue weighted by molar-refractivity contribution is 7.13. The van der Waals surface area contributed by atoms with Crippen LogP contribution >= 0.6 is 11.3 Å². The second kappa shape index (κ2) is 5.42. The number of amides is 1. The molecule has 3 N–H and O–H groups in total. The zero-order chi connectivity index (χ0) is 11.3. The van der Waals surface area contributed by atoms with Crippen molar-refractivity contribution in [3.05, 3.63) is 11.1 Å². The molecule has 0 aliphatic rings. The third kappa shape index (κ3) is 4.52. The van der Waals surface area contributed by atoms with Gasteiger partial charge in [-0.1, -0.05) is 0 Å². The Morgan fingerprint density at radius 2 is 2.27 bits per heavy atom. The highest BCUT2D eigenvalue weighted by Gasteiger charge is 2.05. The number of nitrogens with one attached hydrogen (secondary N) is 2. The summed E-state index contributed by atoms with van der Waals surface area (Å²) in [4.78, 5) is 25.4. The summed E-state index contributed by atoms with van der Waals surface area (Å²) in [5.41, 5.74) is 0.841. The van der Waals surface area contributed by atoms with Crippen molar-refractivity contribution in [1.82, 2.24) is 10.3 Å². The Kier molecular flexibility index (Phi) is 4.19. The first-order valence-corrected chi connectivity index (χ1v) is 5.10. The molecule has 0 radical (unpaired) electrons. The number of hydrogen-bond acceptors (Lipinski definition) is 5. The minimum Gasteiger partial charge on any atom is -0.480 e. The molecule has 1 aromatic heterocycles. The molecule has 1 amide bonds. The van der Waals surface area contributed by atoms with E-state index < -0.39 is 5.97 Å². The van der Waals surface area contributed by atoms with Crippen LogP contribution in [0, 0.1) is 6.92 Å². The highest BCUT2D eigenvalue weighted by Crippen LogP contribution is 2.13. The number of carbonyl (C=O) groups excluding carboxylic acids is 1. The first-order chi connectivity index (χ1) is 7.08. The number of nitrogens with zero attached hydrogens (tertiary/aromatic N) is 1. The molecule has 0 aliphatic carbocycles. The molecule has 82 valence electrons. The molecule has 0 saturated heterocycles. The van der Waals surface area contributed by atoms with Crippen LogP contribution in [-0.2, 0) is 9.59 Å². The third-order valence-corrected chi connectivity index (χ3v) is 2.30. The smallest absolute Gasteiger partial charge is 0.317 e. The normalized spacial score (nSPS) is 9.93. The summed E-state index contributed by atoms with van der Waals surface area (Å²) in [5, 5.41) is 15.7. The van der Waals surface area contributed by atoms with Crippen LogP contribution in [0.4, 0.5) is 5.13 Å². The lowest BCUT2D eigenvalue weighted by molar-refractivity contribution is -0.135. The van der Waals surface area contributed by atoms with Gasteiger partial charge in [0.15, 0.2) is 5.13 Å². The molecule has 7 heteroatoms. The maximum absolute atomic E-state index is 11.2. The van der Waals surface area contributed by atoms with E-state index >= 15 is 0 Å². The van der Waals surface area contributed by atoms with E-state index in [4.69, 9.17) is 5.11 Å². The Labute approximate surface area is 90.3 Å². The van der Waals surface area contributed by atoms with Gasteiger partial charge < -0.3 is 10.4 Å². The maximum atomic E-state index is 11.2. The van der Waals surface area contributed by atoms with Crippen LogP contribution < -0.4 is 10.6 Å². The van der Waals surface area contributed by atoms with Gasteiger partial charge in [-0.05, 0) is 6.92 Å². The SMILES string of the molecule is Cc1csc(NC(=O)CNCC(=O)O)n1. The van der Waals surface area contributed by atoms with E-state index in [2.05, 4.69) is 15.6 Å². The maximum Gasteiger partial charge on any atom is 0.317 e. The molecule has 6 nitrogen and oxygen atoms in total. The van der Waals surface area contributed by atoms with Crippen LogP contribution in [0.3, 0.4) is 0 Å². The van der Waals surface area contributed by atoms with Crippen molar-refractivity contribution in [3.63, 3.8) is 0 Å². The van der Waals surface area contributed by atoms with Crippen molar-refractivity contribution >= 4 is 28.3 Å². The standard InChI is InChI=1S/C8H11N3O3S/c1-5-4-15-8(10-5)11-6(12)2-9-3-7(13)14/h4,9H,2-3H2,1H3,(H,13,14)(H,10,11,12). The van der Waals surface area contributed by atoms with Crippen LogP contribution in [0.1, 0.15) is 5.69 Å². The van der Waals surface area contributed by atoms with E-state index in [0.717, 1.165) is 5.69 Å². The van der Waals surface area contributed by atoms with E-state index in [-0.39, 0.29) is 19.0 Å². The molecule has 0 saturated carbocycles. The number of rotatable bonds is 5. The Morgan fingerprint density at radius 1 is 1.53 bits per heavy atom. The number of aliphatic carboxylic acids is 1. The zero-order valence-corrected chi connectivity index (χ0v) is 8.93. The van der Waals surface area contributed by atoms with Crippen molar-refractivity contribution in [2.75, 3.05) is 18.4 Å².